The third-order valence-corrected chi connectivity index (χ3v) is 3.99. The average molecular weight is 263 g/mol. The first-order valence-corrected chi connectivity index (χ1v) is 6.54. The highest BCUT2D eigenvalue weighted by Gasteiger charge is 2.36. The highest BCUT2D eigenvalue weighted by molar-refractivity contribution is 5.99. The molecule has 0 fully saturated rings. The van der Waals surface area contributed by atoms with Crippen molar-refractivity contribution >= 4 is 22.3 Å². The molecule has 0 bridgehead atoms. The molecule has 5 heteroatoms. The first kappa shape index (κ1) is 10.1. The molecule has 0 saturated heterocycles. The fourth-order valence-corrected chi connectivity index (χ4v) is 3.16. The molecule has 20 heavy (non-hydrogen) atoms. The van der Waals surface area contributed by atoms with E-state index in [1.807, 2.05) is 31.4 Å². The van der Waals surface area contributed by atoms with Crippen LogP contribution in [-0.2, 0) is 13.6 Å². The van der Waals surface area contributed by atoms with E-state index in [0.717, 1.165) is 40.4 Å². The summed E-state index contributed by atoms with van der Waals surface area (Å²) in [6.07, 6.45) is 3.64. The molecule has 0 unspecified atom stereocenters. The Balaban J connectivity index is 1.99. The lowest BCUT2D eigenvalue weighted by atomic mass is 10.2. The van der Waals surface area contributed by atoms with Gasteiger partial charge in [-0.05, 0) is 24.3 Å². The Labute approximate surface area is 114 Å². The minimum Gasteiger partial charge on any atom is -0.417 e. The van der Waals surface area contributed by atoms with Gasteiger partial charge in [0, 0.05) is 12.4 Å². The van der Waals surface area contributed by atoms with Crippen molar-refractivity contribution < 1.29 is 8.98 Å². The molecule has 1 aliphatic rings. The zero-order valence-electron chi connectivity index (χ0n) is 10.9. The molecular weight excluding hydrogens is 252 g/mol. The summed E-state index contributed by atoms with van der Waals surface area (Å²) in [5, 5.41) is 0. The third-order valence-electron chi connectivity index (χ3n) is 3.99. The first-order chi connectivity index (χ1) is 9.84. The maximum Gasteiger partial charge on any atom is 0.340 e. The highest BCUT2D eigenvalue weighted by atomic mass is 16.3. The van der Waals surface area contributed by atoms with Crippen LogP contribution in [0.3, 0.4) is 0 Å². The zero-order valence-corrected chi connectivity index (χ0v) is 10.9. The number of nitrogens with zero attached hydrogens (tertiary/aromatic N) is 4. The Bertz CT molecular complexity index is 996. The van der Waals surface area contributed by atoms with Gasteiger partial charge in [-0.3, -0.25) is 4.98 Å². The number of aromatic nitrogens is 4. The van der Waals surface area contributed by atoms with Gasteiger partial charge >= 0.3 is 5.71 Å². The summed E-state index contributed by atoms with van der Waals surface area (Å²) in [5.74, 6) is 1.13. The van der Waals surface area contributed by atoms with E-state index in [0.29, 0.717) is 0 Å². The van der Waals surface area contributed by atoms with Crippen molar-refractivity contribution in [3.63, 3.8) is 0 Å². The van der Waals surface area contributed by atoms with E-state index in [9.17, 15) is 0 Å². The number of rotatable bonds is 0. The molecule has 4 aromatic rings. The molecule has 5 rings (SSSR count). The summed E-state index contributed by atoms with van der Waals surface area (Å²) < 4.78 is 10.3. The Morgan fingerprint density at radius 3 is 3.00 bits per heavy atom. The molecule has 0 amide bonds. The smallest absolute Gasteiger partial charge is 0.340 e. The maximum absolute atomic E-state index is 5.95. The van der Waals surface area contributed by atoms with Crippen molar-refractivity contribution in [3.05, 3.63) is 42.4 Å². The van der Waals surface area contributed by atoms with Gasteiger partial charge < -0.3 is 4.42 Å². The first-order valence-electron chi connectivity index (χ1n) is 6.54. The Morgan fingerprint density at radius 1 is 1.20 bits per heavy atom. The number of aryl methyl sites for hydroxylation is 1. The minimum absolute atomic E-state index is 0.772. The summed E-state index contributed by atoms with van der Waals surface area (Å²) in [6, 6.07) is 7.93. The number of pyridine rings is 2. The van der Waals surface area contributed by atoms with E-state index in [4.69, 9.17) is 4.42 Å². The van der Waals surface area contributed by atoms with Crippen molar-refractivity contribution in [2.24, 2.45) is 7.05 Å². The summed E-state index contributed by atoms with van der Waals surface area (Å²) in [6.45, 7) is 0.772. The molecule has 0 spiro atoms. The van der Waals surface area contributed by atoms with Crippen LogP contribution in [0.4, 0.5) is 0 Å². The molecule has 0 atom stereocenters. The molecule has 4 aromatic heterocycles. The second-order valence-corrected chi connectivity index (χ2v) is 5.07. The predicted octanol–water partition coefficient (Wildman–Crippen LogP) is 2.03. The Kier molecular flexibility index (Phi) is 1.65. The van der Waals surface area contributed by atoms with Crippen LogP contribution in [0.25, 0.3) is 33.7 Å². The van der Waals surface area contributed by atoms with Gasteiger partial charge in [-0.1, -0.05) is 0 Å². The molecule has 0 radical (unpaired) electrons. The molecule has 1 aliphatic heterocycles. The van der Waals surface area contributed by atoms with Gasteiger partial charge in [0.15, 0.2) is 11.1 Å². The van der Waals surface area contributed by atoms with Crippen LogP contribution in [0.5, 0.6) is 0 Å². The monoisotopic (exact) mass is 263 g/mol. The van der Waals surface area contributed by atoms with E-state index in [1.54, 1.807) is 6.20 Å². The molecule has 0 saturated carbocycles. The van der Waals surface area contributed by atoms with Crippen molar-refractivity contribution in [1.82, 2.24) is 14.5 Å². The van der Waals surface area contributed by atoms with Crippen LogP contribution >= 0.6 is 0 Å². The van der Waals surface area contributed by atoms with Gasteiger partial charge in [0.2, 0.25) is 5.52 Å². The quantitative estimate of drug-likeness (QED) is 0.402. The van der Waals surface area contributed by atoms with Crippen LogP contribution in [0.1, 0.15) is 5.69 Å². The summed E-state index contributed by atoms with van der Waals surface area (Å²) >= 11 is 0. The van der Waals surface area contributed by atoms with Gasteiger partial charge in [0.1, 0.15) is 6.54 Å². The number of furan rings is 1. The molecule has 0 aliphatic carbocycles. The predicted molar refractivity (Wildman–Crippen MR) is 73.0 cm³/mol. The fourth-order valence-electron chi connectivity index (χ4n) is 3.16. The van der Waals surface area contributed by atoms with Crippen molar-refractivity contribution in [1.29, 1.82) is 0 Å². The van der Waals surface area contributed by atoms with Crippen LogP contribution < -0.4 is 4.57 Å². The second kappa shape index (κ2) is 3.25. The van der Waals surface area contributed by atoms with E-state index < -0.39 is 0 Å². The molecular formula is C15H11N4O+. The maximum atomic E-state index is 5.95. The number of hydrogen-bond donors (Lipinski definition) is 0. The second-order valence-electron chi connectivity index (χ2n) is 5.07. The lowest BCUT2D eigenvalue weighted by molar-refractivity contribution is -0.640. The Hall–Kier alpha value is -2.69. The number of fused-ring (bicyclic) bond motifs is 7. The van der Waals surface area contributed by atoms with E-state index in [2.05, 4.69) is 25.2 Å². The molecule has 0 aromatic carbocycles. The molecule has 96 valence electrons. The van der Waals surface area contributed by atoms with E-state index >= 15 is 0 Å². The minimum atomic E-state index is 0.772. The van der Waals surface area contributed by atoms with Gasteiger partial charge in [-0.2, -0.15) is 4.57 Å². The number of hydrogen-bond acceptors (Lipinski definition) is 3. The summed E-state index contributed by atoms with van der Waals surface area (Å²) in [4.78, 5) is 8.95. The van der Waals surface area contributed by atoms with Crippen LogP contribution in [0.15, 0.2) is 41.1 Å². The SMILES string of the molecule is C[n+]1c2n(c3c4ncccc4oc31)Cc1ncccc1-2. The van der Waals surface area contributed by atoms with Crippen LogP contribution in [0, 0.1) is 0 Å². The normalized spacial score (nSPS) is 13.1. The average Bonchev–Trinajstić information content (AvgIpc) is 3.10. The summed E-state index contributed by atoms with van der Waals surface area (Å²) in [7, 11) is 2.03. The van der Waals surface area contributed by atoms with E-state index in [-0.39, 0.29) is 0 Å². The lowest BCUT2D eigenvalue weighted by Gasteiger charge is -1.93. The van der Waals surface area contributed by atoms with Gasteiger partial charge in [-0.25, -0.2) is 9.55 Å². The third kappa shape index (κ3) is 1.02. The van der Waals surface area contributed by atoms with Crippen molar-refractivity contribution in [2.45, 2.75) is 6.54 Å². The van der Waals surface area contributed by atoms with Gasteiger partial charge in [0.25, 0.3) is 5.82 Å². The van der Waals surface area contributed by atoms with Gasteiger partial charge in [-0.15, -0.1) is 0 Å². The lowest BCUT2D eigenvalue weighted by Crippen LogP contribution is -2.29. The highest BCUT2D eigenvalue weighted by Crippen LogP contribution is 2.35. The summed E-state index contributed by atoms with van der Waals surface area (Å²) in [5.41, 5.74) is 5.93. The van der Waals surface area contributed by atoms with Crippen LogP contribution in [-0.4, -0.2) is 14.5 Å². The molecule has 5 heterocycles. The Morgan fingerprint density at radius 2 is 2.05 bits per heavy atom. The standard InChI is InChI=1S/C15H11N4O/c1-18-14-9-4-2-6-16-10(9)8-19(14)13-12-11(20-15(13)18)5-3-7-17-12/h2-7H,8H2,1H3/q+1. The topological polar surface area (TPSA) is 47.7 Å². The number of imidazole rings is 1. The zero-order chi connectivity index (χ0) is 13.3. The molecule has 5 nitrogen and oxygen atoms in total. The largest absolute Gasteiger partial charge is 0.417 e. The fraction of sp³-hybridized carbons (Fsp3) is 0.133. The van der Waals surface area contributed by atoms with E-state index in [1.165, 1.54) is 5.56 Å². The van der Waals surface area contributed by atoms with Crippen LogP contribution in [0.2, 0.25) is 0 Å². The van der Waals surface area contributed by atoms with Crippen molar-refractivity contribution in [3.8, 4) is 11.4 Å². The van der Waals surface area contributed by atoms with Gasteiger partial charge in [0.05, 0.1) is 18.3 Å². The van der Waals surface area contributed by atoms with Crippen molar-refractivity contribution in [2.75, 3.05) is 0 Å². The molecule has 0 N–H and O–H groups in total.